The molecule has 4 heteroatoms. The summed E-state index contributed by atoms with van der Waals surface area (Å²) in [6.45, 7) is 3.21. The second-order valence-corrected chi connectivity index (χ2v) is 8.06. The van der Waals surface area contributed by atoms with E-state index in [1.807, 2.05) is 0 Å². The Kier molecular flexibility index (Phi) is 3.23. The number of nitrogen functional groups attached to an aromatic ring is 1. The fourth-order valence-corrected chi connectivity index (χ4v) is 5.96. The largest absolute Gasteiger partial charge is 0.381 e. The van der Waals surface area contributed by atoms with Gasteiger partial charge in [-0.25, -0.2) is 4.68 Å². The Labute approximate surface area is 127 Å². The van der Waals surface area contributed by atoms with Crippen molar-refractivity contribution in [2.45, 2.75) is 71.3 Å². The van der Waals surface area contributed by atoms with Gasteiger partial charge in [0.2, 0.25) is 0 Å². The van der Waals surface area contributed by atoms with Crippen LogP contribution in [0.1, 0.15) is 64.0 Å². The Balaban J connectivity index is 1.47. The number of rotatable bonds is 5. The summed E-state index contributed by atoms with van der Waals surface area (Å²) in [6.07, 6.45) is 12.4. The molecule has 0 spiro atoms. The highest BCUT2D eigenvalue weighted by Gasteiger charge is 2.50. The van der Waals surface area contributed by atoms with Gasteiger partial charge in [-0.05, 0) is 74.5 Å². The molecule has 4 nitrogen and oxygen atoms in total. The van der Waals surface area contributed by atoms with E-state index < -0.39 is 0 Å². The highest BCUT2D eigenvalue weighted by atomic mass is 15.4. The molecule has 5 rings (SSSR count). The van der Waals surface area contributed by atoms with Crippen LogP contribution in [0.2, 0.25) is 0 Å². The fraction of sp³-hybridized carbons (Fsp3) is 0.882. The van der Waals surface area contributed by atoms with Crippen molar-refractivity contribution in [3.63, 3.8) is 0 Å². The van der Waals surface area contributed by atoms with E-state index in [1.165, 1.54) is 44.9 Å². The number of anilines is 1. The monoisotopic (exact) mass is 288 g/mol. The predicted octanol–water partition coefficient (Wildman–Crippen LogP) is 3.42. The minimum atomic E-state index is 0.624. The lowest BCUT2D eigenvalue weighted by Gasteiger charge is -2.57. The zero-order valence-corrected chi connectivity index (χ0v) is 13.2. The first kappa shape index (κ1) is 13.6. The van der Waals surface area contributed by atoms with Crippen LogP contribution in [-0.4, -0.2) is 15.0 Å². The molecule has 0 atom stereocenters. The minimum Gasteiger partial charge on any atom is -0.381 e. The number of nitrogens with zero attached hydrogens (tertiary/aromatic N) is 3. The first-order chi connectivity index (χ1) is 10.2. The Bertz CT molecular complexity index is 484. The lowest BCUT2D eigenvalue weighted by Crippen LogP contribution is -2.46. The van der Waals surface area contributed by atoms with E-state index in [-0.39, 0.29) is 0 Å². The quantitative estimate of drug-likeness (QED) is 0.903. The van der Waals surface area contributed by atoms with Crippen LogP contribution in [0.25, 0.3) is 0 Å². The van der Waals surface area contributed by atoms with Gasteiger partial charge in [-0.15, -0.1) is 5.10 Å². The highest BCUT2D eigenvalue weighted by Crippen LogP contribution is 2.61. The van der Waals surface area contributed by atoms with E-state index in [4.69, 9.17) is 5.73 Å². The van der Waals surface area contributed by atoms with Crippen molar-refractivity contribution >= 4 is 5.82 Å². The summed E-state index contributed by atoms with van der Waals surface area (Å²) in [5.74, 6) is 3.74. The zero-order chi connectivity index (χ0) is 14.4. The van der Waals surface area contributed by atoms with E-state index in [0.29, 0.717) is 11.2 Å². The molecule has 0 aliphatic heterocycles. The Hall–Kier alpha value is -1.06. The van der Waals surface area contributed by atoms with Gasteiger partial charge in [-0.2, -0.15) is 0 Å². The number of aryl methyl sites for hydroxylation is 1. The van der Waals surface area contributed by atoms with Crippen molar-refractivity contribution in [1.29, 1.82) is 0 Å². The van der Waals surface area contributed by atoms with Crippen molar-refractivity contribution in [3.05, 3.63) is 5.69 Å². The van der Waals surface area contributed by atoms with Crippen LogP contribution >= 0.6 is 0 Å². The van der Waals surface area contributed by atoms with E-state index in [0.717, 1.165) is 42.8 Å². The third-order valence-electron chi connectivity index (χ3n) is 6.37. The van der Waals surface area contributed by atoms with Crippen LogP contribution in [-0.2, 0) is 13.0 Å². The van der Waals surface area contributed by atoms with Crippen LogP contribution in [0.15, 0.2) is 0 Å². The second kappa shape index (κ2) is 4.99. The number of nitrogens with two attached hydrogens (primary N) is 1. The molecule has 0 amide bonds. The Morgan fingerprint density at radius 1 is 1.14 bits per heavy atom. The summed E-state index contributed by atoms with van der Waals surface area (Å²) >= 11 is 0. The van der Waals surface area contributed by atoms with Gasteiger partial charge in [0.25, 0.3) is 0 Å². The first-order valence-corrected chi connectivity index (χ1v) is 8.85. The third-order valence-corrected chi connectivity index (χ3v) is 6.37. The molecule has 0 radical (unpaired) electrons. The van der Waals surface area contributed by atoms with Gasteiger partial charge >= 0.3 is 0 Å². The molecule has 0 unspecified atom stereocenters. The molecule has 1 aromatic rings. The van der Waals surface area contributed by atoms with Gasteiger partial charge < -0.3 is 5.73 Å². The molecule has 1 aromatic heterocycles. The molecule has 1 heterocycles. The molecule has 4 bridgehead atoms. The van der Waals surface area contributed by atoms with Gasteiger partial charge in [0.15, 0.2) is 5.82 Å². The lowest BCUT2D eigenvalue weighted by molar-refractivity contribution is -0.0597. The summed E-state index contributed by atoms with van der Waals surface area (Å²) in [6, 6.07) is 0. The lowest BCUT2D eigenvalue weighted by atomic mass is 9.49. The molecule has 4 fully saturated rings. The number of hydrogen-bond donors (Lipinski definition) is 1. The van der Waals surface area contributed by atoms with E-state index in [1.54, 1.807) is 0 Å². The van der Waals surface area contributed by atoms with Crippen LogP contribution in [0.4, 0.5) is 5.82 Å². The predicted molar refractivity (Wildman–Crippen MR) is 83.7 cm³/mol. The molecule has 21 heavy (non-hydrogen) atoms. The van der Waals surface area contributed by atoms with Gasteiger partial charge in [-0.3, -0.25) is 0 Å². The number of aromatic nitrogens is 3. The number of hydrogen-bond acceptors (Lipinski definition) is 3. The topological polar surface area (TPSA) is 56.7 Å². The zero-order valence-electron chi connectivity index (χ0n) is 13.2. The molecule has 0 aromatic carbocycles. The molecule has 4 aliphatic rings. The van der Waals surface area contributed by atoms with Gasteiger partial charge in [-0.1, -0.05) is 18.6 Å². The highest BCUT2D eigenvalue weighted by molar-refractivity contribution is 5.32. The van der Waals surface area contributed by atoms with Crippen molar-refractivity contribution in [3.8, 4) is 0 Å². The standard InChI is InChI=1S/C17H28N4/c1-2-3-15-16(18)19-20-21(15)5-4-17-9-12-6-13(10-17)8-14(7-12)11-17/h12-14H,2-11,18H2,1H3. The summed E-state index contributed by atoms with van der Waals surface area (Å²) < 4.78 is 2.09. The molecular weight excluding hydrogens is 260 g/mol. The van der Waals surface area contributed by atoms with Gasteiger partial charge in [0, 0.05) is 6.54 Å². The Morgan fingerprint density at radius 3 is 2.33 bits per heavy atom. The van der Waals surface area contributed by atoms with E-state index in [2.05, 4.69) is 21.9 Å². The second-order valence-electron chi connectivity index (χ2n) is 8.06. The minimum absolute atomic E-state index is 0.624. The normalized spacial score (nSPS) is 37.3. The first-order valence-electron chi connectivity index (χ1n) is 8.85. The van der Waals surface area contributed by atoms with Crippen LogP contribution < -0.4 is 5.73 Å². The average Bonchev–Trinajstić information content (AvgIpc) is 2.77. The van der Waals surface area contributed by atoms with Crippen molar-refractivity contribution in [1.82, 2.24) is 15.0 Å². The van der Waals surface area contributed by atoms with Crippen molar-refractivity contribution in [2.24, 2.45) is 23.2 Å². The average molecular weight is 288 g/mol. The summed E-state index contributed by atoms with van der Waals surface area (Å²) in [5.41, 5.74) is 7.75. The van der Waals surface area contributed by atoms with Gasteiger partial charge in [0.05, 0.1) is 5.69 Å². The van der Waals surface area contributed by atoms with Crippen LogP contribution in [0.5, 0.6) is 0 Å². The molecule has 0 saturated heterocycles. The van der Waals surface area contributed by atoms with Crippen LogP contribution in [0.3, 0.4) is 0 Å². The SMILES string of the molecule is CCCc1c(N)nnn1CCC12CC3CC(CC(C3)C1)C2. The summed E-state index contributed by atoms with van der Waals surface area (Å²) in [5, 5.41) is 8.38. The smallest absolute Gasteiger partial charge is 0.169 e. The van der Waals surface area contributed by atoms with Crippen molar-refractivity contribution < 1.29 is 0 Å². The summed E-state index contributed by atoms with van der Waals surface area (Å²) in [7, 11) is 0. The summed E-state index contributed by atoms with van der Waals surface area (Å²) in [4.78, 5) is 0. The molecule has 4 saturated carbocycles. The fourth-order valence-electron chi connectivity index (χ4n) is 5.96. The molecule has 4 aliphatic carbocycles. The molecular formula is C17H28N4. The van der Waals surface area contributed by atoms with Crippen LogP contribution in [0, 0.1) is 23.2 Å². The molecule has 2 N–H and O–H groups in total. The molecule has 116 valence electrons. The third kappa shape index (κ3) is 2.36. The van der Waals surface area contributed by atoms with Crippen molar-refractivity contribution in [2.75, 3.05) is 5.73 Å². The van der Waals surface area contributed by atoms with E-state index >= 15 is 0 Å². The maximum absolute atomic E-state index is 5.97. The maximum Gasteiger partial charge on any atom is 0.169 e. The maximum atomic E-state index is 5.97. The van der Waals surface area contributed by atoms with E-state index in [9.17, 15) is 0 Å². The Morgan fingerprint density at radius 2 is 1.76 bits per heavy atom. The van der Waals surface area contributed by atoms with Gasteiger partial charge in [0.1, 0.15) is 0 Å².